The quantitative estimate of drug-likeness (QED) is 0.167. The van der Waals surface area contributed by atoms with Gasteiger partial charge in [0.05, 0.1) is 0 Å². The molecular formula is C42H47BSi. The van der Waals surface area contributed by atoms with Crippen molar-refractivity contribution in [1.82, 2.24) is 0 Å². The van der Waals surface area contributed by atoms with Gasteiger partial charge < -0.3 is 0 Å². The largest absolute Gasteiger partial charge is 0.235 e. The highest BCUT2D eigenvalue weighted by Gasteiger charge is 2.51. The smallest absolute Gasteiger partial charge is 0.105 e. The van der Waals surface area contributed by atoms with E-state index < -0.39 is 8.07 Å². The van der Waals surface area contributed by atoms with E-state index in [2.05, 4.69) is 184 Å². The molecular weight excluding hydrogens is 543 g/mol. The van der Waals surface area contributed by atoms with Gasteiger partial charge >= 0.3 is 0 Å². The molecule has 0 aromatic heterocycles. The molecule has 0 radical (unpaired) electrons. The van der Waals surface area contributed by atoms with E-state index in [1.165, 1.54) is 65.4 Å². The fraction of sp³-hybridized carbons (Fsp3) is 0.238. The maximum Gasteiger partial charge on any atom is 0.235 e. The molecule has 0 N–H and O–H groups in total. The van der Waals surface area contributed by atoms with Crippen LogP contribution in [0.4, 0.5) is 0 Å². The summed E-state index contributed by atoms with van der Waals surface area (Å²) in [6, 6.07) is 43.5. The van der Waals surface area contributed by atoms with Gasteiger partial charge in [0.15, 0.2) is 8.07 Å². The van der Waals surface area contributed by atoms with E-state index >= 15 is 0 Å². The molecule has 5 rings (SSSR count). The van der Waals surface area contributed by atoms with Gasteiger partial charge in [-0.05, 0) is 62.5 Å². The molecule has 5 aromatic carbocycles. The Balaban J connectivity index is 2.01. The standard InChI is InChI=1S/C42H47BSi/c1-30-25-32(3)40(33(4)26-30)43(41-34(5)27-31(2)28-35(41)6)29-39(36-19-13-10-14-20-36)44(42(7,8)9,37-21-15-11-16-22-37)38-23-17-12-18-24-38/h10-29H,1-9H3/b39-29-. The average Bonchev–Trinajstić information content (AvgIpc) is 2.96. The zero-order valence-corrected chi connectivity index (χ0v) is 29.1. The second kappa shape index (κ2) is 12.6. The topological polar surface area (TPSA) is 0 Å². The van der Waals surface area contributed by atoms with Crippen molar-refractivity contribution in [2.75, 3.05) is 0 Å². The van der Waals surface area contributed by atoms with Crippen LogP contribution in [-0.2, 0) is 0 Å². The summed E-state index contributed by atoms with van der Waals surface area (Å²) < 4.78 is 0. The van der Waals surface area contributed by atoms with Gasteiger partial charge in [-0.3, -0.25) is 0 Å². The van der Waals surface area contributed by atoms with E-state index in [0.29, 0.717) is 0 Å². The van der Waals surface area contributed by atoms with Crippen LogP contribution in [0.3, 0.4) is 0 Å². The Morgan fingerprint density at radius 1 is 0.523 bits per heavy atom. The highest BCUT2D eigenvalue weighted by Crippen LogP contribution is 2.44. The Morgan fingerprint density at radius 2 is 0.864 bits per heavy atom. The molecule has 0 unspecified atom stereocenters. The summed E-state index contributed by atoms with van der Waals surface area (Å²) in [5, 5.41) is 4.34. The lowest BCUT2D eigenvalue weighted by Gasteiger charge is -2.46. The minimum atomic E-state index is -2.68. The maximum absolute atomic E-state index is 2.70. The summed E-state index contributed by atoms with van der Waals surface area (Å²) in [6.07, 6.45) is 0. The molecule has 0 aliphatic rings. The van der Waals surface area contributed by atoms with E-state index in [1.54, 1.807) is 0 Å². The molecule has 5 aromatic rings. The van der Waals surface area contributed by atoms with Crippen LogP contribution < -0.4 is 21.3 Å². The first-order chi connectivity index (χ1) is 20.9. The van der Waals surface area contributed by atoms with Crippen molar-refractivity contribution in [2.45, 2.75) is 67.4 Å². The Bertz CT molecular complexity index is 1630. The Hall–Kier alpha value is -3.88. The fourth-order valence-corrected chi connectivity index (χ4v) is 13.9. The van der Waals surface area contributed by atoms with Crippen LogP contribution in [0.2, 0.25) is 5.04 Å². The highest BCUT2D eigenvalue weighted by molar-refractivity contribution is 7.17. The van der Waals surface area contributed by atoms with E-state index in [4.69, 9.17) is 0 Å². The first-order valence-corrected chi connectivity index (χ1v) is 18.0. The van der Waals surface area contributed by atoms with Crippen molar-refractivity contribution in [3.05, 3.63) is 160 Å². The monoisotopic (exact) mass is 590 g/mol. The molecule has 0 aliphatic heterocycles. The van der Waals surface area contributed by atoms with Gasteiger partial charge in [0.25, 0.3) is 0 Å². The summed E-state index contributed by atoms with van der Waals surface area (Å²) in [4.78, 5) is 0. The van der Waals surface area contributed by atoms with E-state index in [-0.39, 0.29) is 11.8 Å². The first kappa shape index (κ1) is 31.5. The molecule has 0 amide bonds. The average molecular weight is 591 g/mol. The van der Waals surface area contributed by atoms with Gasteiger partial charge in [-0.15, -0.1) is 5.98 Å². The fourth-order valence-electron chi connectivity index (χ4n) is 8.02. The van der Waals surface area contributed by atoms with Crippen LogP contribution in [0, 0.1) is 41.5 Å². The predicted molar refractivity (Wildman–Crippen MR) is 198 cm³/mol. The molecule has 0 saturated carbocycles. The normalized spacial score (nSPS) is 12.3. The second-order valence-electron chi connectivity index (χ2n) is 13.8. The SMILES string of the molecule is Cc1cc(C)c(B(/C=C(/c2ccccc2)[Si](c2ccccc2)(c2ccccc2)C(C)(C)C)c2c(C)cc(C)cc2C)c(C)c1. The van der Waals surface area contributed by atoms with Crippen molar-refractivity contribution in [3.8, 4) is 0 Å². The number of hydrogen-bond acceptors (Lipinski definition) is 0. The molecule has 0 bridgehead atoms. The van der Waals surface area contributed by atoms with Gasteiger partial charge in [-0.1, -0.05) is 186 Å². The summed E-state index contributed by atoms with van der Waals surface area (Å²) >= 11 is 0. The molecule has 222 valence electrons. The molecule has 0 spiro atoms. The van der Waals surface area contributed by atoms with Crippen molar-refractivity contribution >= 4 is 41.3 Å². The molecule has 0 saturated heterocycles. The van der Waals surface area contributed by atoms with Crippen LogP contribution >= 0.6 is 0 Å². The summed E-state index contributed by atoms with van der Waals surface area (Å²) in [6.45, 7) is 21.2. The summed E-state index contributed by atoms with van der Waals surface area (Å²) in [5.74, 6) is 2.70. The lowest BCUT2D eigenvalue weighted by Crippen LogP contribution is -2.65. The third kappa shape index (κ3) is 5.81. The van der Waals surface area contributed by atoms with Crippen LogP contribution in [0.5, 0.6) is 0 Å². The molecule has 0 aliphatic carbocycles. The third-order valence-corrected chi connectivity index (χ3v) is 15.4. The zero-order valence-electron chi connectivity index (χ0n) is 28.1. The van der Waals surface area contributed by atoms with Gasteiger partial charge in [-0.2, -0.15) is 0 Å². The Morgan fingerprint density at radius 3 is 1.20 bits per heavy atom. The molecule has 0 nitrogen and oxygen atoms in total. The Kier molecular flexibility index (Phi) is 9.05. The maximum atomic E-state index is 2.70. The number of benzene rings is 5. The van der Waals surface area contributed by atoms with Gasteiger partial charge in [0.2, 0.25) is 6.71 Å². The van der Waals surface area contributed by atoms with Crippen molar-refractivity contribution < 1.29 is 0 Å². The van der Waals surface area contributed by atoms with E-state index in [9.17, 15) is 0 Å². The minimum Gasteiger partial charge on any atom is -0.105 e. The lowest BCUT2D eigenvalue weighted by molar-refractivity contribution is 0.740. The molecule has 0 heterocycles. The minimum absolute atomic E-state index is 0.0311. The van der Waals surface area contributed by atoms with Crippen molar-refractivity contribution in [3.63, 3.8) is 0 Å². The molecule has 44 heavy (non-hydrogen) atoms. The van der Waals surface area contributed by atoms with E-state index in [0.717, 1.165) is 0 Å². The number of aryl methyl sites for hydroxylation is 6. The van der Waals surface area contributed by atoms with E-state index in [1.807, 2.05) is 0 Å². The summed E-state index contributed by atoms with van der Waals surface area (Å²) in [5.41, 5.74) is 12.2. The van der Waals surface area contributed by atoms with Gasteiger partial charge in [0.1, 0.15) is 0 Å². The van der Waals surface area contributed by atoms with Crippen LogP contribution in [0.15, 0.2) is 121 Å². The molecule has 0 fully saturated rings. The predicted octanol–water partition coefficient (Wildman–Crippen LogP) is 8.37. The Labute approximate surface area is 268 Å². The highest BCUT2D eigenvalue weighted by atomic mass is 28.3. The van der Waals surface area contributed by atoms with Crippen molar-refractivity contribution in [1.29, 1.82) is 0 Å². The van der Waals surface area contributed by atoms with Crippen molar-refractivity contribution in [2.24, 2.45) is 0 Å². The zero-order chi connectivity index (χ0) is 31.6. The van der Waals surface area contributed by atoms with Gasteiger partial charge in [0, 0.05) is 0 Å². The number of hydrogen-bond donors (Lipinski definition) is 0. The van der Waals surface area contributed by atoms with Crippen LogP contribution in [0.25, 0.3) is 5.20 Å². The van der Waals surface area contributed by atoms with Crippen LogP contribution in [0.1, 0.15) is 59.7 Å². The molecule has 0 atom stereocenters. The lowest BCUT2D eigenvalue weighted by atomic mass is 9.37. The molecule has 2 heteroatoms. The summed E-state index contributed by atoms with van der Waals surface area (Å²) in [7, 11) is -2.68. The first-order valence-electron chi connectivity index (χ1n) is 16.0. The third-order valence-electron chi connectivity index (χ3n) is 9.46. The van der Waals surface area contributed by atoms with Crippen LogP contribution in [-0.4, -0.2) is 14.8 Å². The van der Waals surface area contributed by atoms with Gasteiger partial charge in [-0.25, -0.2) is 0 Å². The number of rotatable bonds is 7. The second-order valence-corrected chi connectivity index (χ2v) is 18.5.